The van der Waals surface area contributed by atoms with Crippen LogP contribution >= 0.6 is 0 Å². The molecule has 1 fully saturated rings. The van der Waals surface area contributed by atoms with Gasteiger partial charge in [-0.15, -0.1) is 0 Å². The van der Waals surface area contributed by atoms with Crippen molar-refractivity contribution < 1.29 is 4.74 Å². The quantitative estimate of drug-likeness (QED) is 0.681. The number of allylic oxidation sites excluding steroid dienone is 1. The summed E-state index contributed by atoms with van der Waals surface area (Å²) >= 11 is 0. The third-order valence-electron chi connectivity index (χ3n) is 3.52. The van der Waals surface area contributed by atoms with Gasteiger partial charge in [-0.1, -0.05) is 42.5 Å². The summed E-state index contributed by atoms with van der Waals surface area (Å²) in [6.45, 7) is 0.766. The molecule has 0 N–H and O–H groups in total. The molecule has 78 valence electrons. The molecule has 1 aromatic rings. The number of rotatable bonds is 3. The van der Waals surface area contributed by atoms with Gasteiger partial charge in [-0.05, 0) is 24.3 Å². The zero-order valence-electron chi connectivity index (χ0n) is 8.80. The Morgan fingerprint density at radius 3 is 2.60 bits per heavy atom. The Kier molecular flexibility index (Phi) is 2.34. The summed E-state index contributed by atoms with van der Waals surface area (Å²) in [5.41, 5.74) is 1.28. The highest BCUT2D eigenvalue weighted by Gasteiger charge is 2.36. The topological polar surface area (TPSA) is 9.23 Å². The summed E-state index contributed by atoms with van der Waals surface area (Å²) in [5, 5.41) is 0. The summed E-state index contributed by atoms with van der Waals surface area (Å²) in [6, 6.07) is 10.4. The standard InChI is InChI=1S/C14H16O/c1-2-4-11(5-3-1)10-15-14-9-12-6-7-13(14)8-12/h1-7,12-14H,8-10H2. The normalized spacial score (nSPS) is 32.4. The number of hydrogen-bond acceptors (Lipinski definition) is 1. The molecule has 2 aliphatic rings. The predicted molar refractivity (Wildman–Crippen MR) is 60.4 cm³/mol. The largest absolute Gasteiger partial charge is 0.373 e. The van der Waals surface area contributed by atoms with Crippen molar-refractivity contribution in [2.75, 3.05) is 0 Å². The van der Waals surface area contributed by atoms with Crippen LogP contribution in [-0.2, 0) is 11.3 Å². The SMILES string of the molecule is C1=CC2CC1CC2OCc1ccccc1. The molecule has 1 aromatic carbocycles. The second-order valence-electron chi connectivity index (χ2n) is 4.62. The maximum atomic E-state index is 5.97. The Morgan fingerprint density at radius 1 is 1.07 bits per heavy atom. The highest BCUT2D eigenvalue weighted by Crippen LogP contribution is 2.40. The van der Waals surface area contributed by atoms with Crippen LogP contribution in [0.15, 0.2) is 42.5 Å². The van der Waals surface area contributed by atoms with Crippen LogP contribution in [0.5, 0.6) is 0 Å². The first-order valence-electron chi connectivity index (χ1n) is 5.75. The molecule has 0 aliphatic heterocycles. The van der Waals surface area contributed by atoms with E-state index in [1.165, 1.54) is 18.4 Å². The van der Waals surface area contributed by atoms with Crippen LogP contribution < -0.4 is 0 Å². The maximum absolute atomic E-state index is 5.97. The Morgan fingerprint density at radius 2 is 1.93 bits per heavy atom. The molecule has 0 spiro atoms. The second-order valence-corrected chi connectivity index (χ2v) is 4.62. The average Bonchev–Trinajstić information content (AvgIpc) is 2.89. The Balaban J connectivity index is 1.57. The highest BCUT2D eigenvalue weighted by atomic mass is 16.5. The molecule has 3 atom stereocenters. The van der Waals surface area contributed by atoms with Gasteiger partial charge in [-0.25, -0.2) is 0 Å². The zero-order chi connectivity index (χ0) is 10.1. The van der Waals surface area contributed by atoms with Crippen molar-refractivity contribution in [1.82, 2.24) is 0 Å². The van der Waals surface area contributed by atoms with Crippen molar-refractivity contribution in [1.29, 1.82) is 0 Å². The van der Waals surface area contributed by atoms with Gasteiger partial charge in [0.25, 0.3) is 0 Å². The summed E-state index contributed by atoms with van der Waals surface area (Å²) in [7, 11) is 0. The van der Waals surface area contributed by atoms with Gasteiger partial charge in [0.05, 0.1) is 12.7 Å². The van der Waals surface area contributed by atoms with Crippen LogP contribution in [0.25, 0.3) is 0 Å². The molecule has 3 unspecified atom stereocenters. The van der Waals surface area contributed by atoms with Gasteiger partial charge in [0.15, 0.2) is 0 Å². The lowest BCUT2D eigenvalue weighted by molar-refractivity contribution is 0.0245. The zero-order valence-corrected chi connectivity index (χ0v) is 8.80. The minimum Gasteiger partial charge on any atom is -0.373 e. The molecule has 0 saturated heterocycles. The van der Waals surface area contributed by atoms with Crippen LogP contribution in [-0.4, -0.2) is 6.10 Å². The molecule has 2 bridgehead atoms. The van der Waals surface area contributed by atoms with Gasteiger partial charge < -0.3 is 4.74 Å². The fourth-order valence-corrected chi connectivity index (χ4v) is 2.70. The van der Waals surface area contributed by atoms with E-state index in [2.05, 4.69) is 36.4 Å². The minimum absolute atomic E-state index is 0.472. The van der Waals surface area contributed by atoms with E-state index >= 15 is 0 Å². The number of ether oxygens (including phenoxy) is 1. The summed E-state index contributed by atoms with van der Waals surface area (Å²) in [6.07, 6.45) is 7.71. The van der Waals surface area contributed by atoms with Crippen LogP contribution in [0.3, 0.4) is 0 Å². The van der Waals surface area contributed by atoms with Gasteiger partial charge in [0.1, 0.15) is 0 Å². The van der Waals surface area contributed by atoms with Gasteiger partial charge in [0.2, 0.25) is 0 Å². The molecule has 0 amide bonds. The van der Waals surface area contributed by atoms with Gasteiger partial charge in [0, 0.05) is 5.92 Å². The molecule has 1 saturated carbocycles. The monoisotopic (exact) mass is 200 g/mol. The van der Waals surface area contributed by atoms with E-state index in [-0.39, 0.29) is 0 Å². The van der Waals surface area contributed by atoms with Gasteiger partial charge in [-0.2, -0.15) is 0 Å². The molecule has 0 radical (unpaired) electrons. The molecule has 1 heteroatoms. The van der Waals surface area contributed by atoms with Crippen LogP contribution in [0.2, 0.25) is 0 Å². The van der Waals surface area contributed by atoms with Crippen molar-refractivity contribution in [2.24, 2.45) is 11.8 Å². The molecular weight excluding hydrogens is 184 g/mol. The lowest BCUT2D eigenvalue weighted by Crippen LogP contribution is -2.17. The van der Waals surface area contributed by atoms with Crippen LogP contribution in [0.1, 0.15) is 18.4 Å². The Bertz CT molecular complexity index is 355. The Hall–Kier alpha value is -1.08. The van der Waals surface area contributed by atoms with Crippen molar-refractivity contribution >= 4 is 0 Å². The fourth-order valence-electron chi connectivity index (χ4n) is 2.70. The van der Waals surface area contributed by atoms with E-state index in [0.717, 1.165) is 12.5 Å². The minimum atomic E-state index is 0.472. The Labute approximate surface area is 90.8 Å². The highest BCUT2D eigenvalue weighted by molar-refractivity contribution is 5.14. The van der Waals surface area contributed by atoms with E-state index in [1.54, 1.807) is 0 Å². The van der Waals surface area contributed by atoms with Gasteiger partial charge >= 0.3 is 0 Å². The fraction of sp³-hybridized carbons (Fsp3) is 0.429. The first kappa shape index (κ1) is 9.17. The predicted octanol–water partition coefficient (Wildman–Crippen LogP) is 3.17. The van der Waals surface area contributed by atoms with Crippen molar-refractivity contribution in [2.45, 2.75) is 25.6 Å². The lowest BCUT2D eigenvalue weighted by Gasteiger charge is -2.18. The summed E-state index contributed by atoms with van der Waals surface area (Å²) in [5.74, 6) is 1.49. The van der Waals surface area contributed by atoms with E-state index in [4.69, 9.17) is 4.74 Å². The molecule has 0 heterocycles. The summed E-state index contributed by atoms with van der Waals surface area (Å²) in [4.78, 5) is 0. The molecule has 2 aliphatic carbocycles. The number of fused-ring (bicyclic) bond motifs is 2. The molecular formula is C14H16O. The summed E-state index contributed by atoms with van der Waals surface area (Å²) < 4.78 is 5.97. The van der Waals surface area contributed by atoms with E-state index in [0.29, 0.717) is 12.0 Å². The number of benzene rings is 1. The maximum Gasteiger partial charge on any atom is 0.0720 e. The van der Waals surface area contributed by atoms with Crippen molar-refractivity contribution in [3.8, 4) is 0 Å². The van der Waals surface area contributed by atoms with E-state index in [1.807, 2.05) is 6.07 Å². The average molecular weight is 200 g/mol. The molecule has 1 nitrogen and oxygen atoms in total. The van der Waals surface area contributed by atoms with E-state index < -0.39 is 0 Å². The molecule has 15 heavy (non-hydrogen) atoms. The third kappa shape index (κ3) is 1.84. The van der Waals surface area contributed by atoms with Crippen molar-refractivity contribution in [3.63, 3.8) is 0 Å². The lowest BCUT2D eigenvalue weighted by atomic mass is 10.0. The van der Waals surface area contributed by atoms with Gasteiger partial charge in [-0.3, -0.25) is 0 Å². The molecule has 3 rings (SSSR count). The van der Waals surface area contributed by atoms with Crippen LogP contribution in [0.4, 0.5) is 0 Å². The first-order valence-corrected chi connectivity index (χ1v) is 5.75. The molecule has 0 aromatic heterocycles. The first-order chi connectivity index (χ1) is 7.42. The van der Waals surface area contributed by atoms with Crippen LogP contribution in [0, 0.1) is 11.8 Å². The smallest absolute Gasteiger partial charge is 0.0720 e. The van der Waals surface area contributed by atoms with E-state index in [9.17, 15) is 0 Å². The van der Waals surface area contributed by atoms with Crippen molar-refractivity contribution in [3.05, 3.63) is 48.0 Å². The third-order valence-corrected chi connectivity index (χ3v) is 3.52. The second kappa shape index (κ2) is 3.82. The number of hydrogen-bond donors (Lipinski definition) is 0.